The number of likely N-dealkylation sites (N-methyl/N-ethyl adjacent to an activating group) is 1. The van der Waals surface area contributed by atoms with Crippen molar-refractivity contribution in [3.05, 3.63) is 0 Å². The molecule has 3 atom stereocenters. The molecule has 0 aromatic rings. The molecule has 0 saturated carbocycles. The van der Waals surface area contributed by atoms with Gasteiger partial charge in [0.2, 0.25) is 5.91 Å². The first-order valence-corrected chi connectivity index (χ1v) is 7.19. The highest BCUT2D eigenvalue weighted by atomic mass is 19.4. The number of rotatable bonds is 4. The molecule has 0 aliphatic carbocycles. The lowest BCUT2D eigenvalue weighted by molar-refractivity contribution is -0.180. The van der Waals surface area contributed by atoms with Crippen LogP contribution in [0.5, 0.6) is 0 Å². The Labute approximate surface area is 118 Å². The van der Waals surface area contributed by atoms with Gasteiger partial charge < -0.3 is 10.2 Å². The molecule has 0 aromatic heterocycles. The molecule has 20 heavy (non-hydrogen) atoms. The predicted molar refractivity (Wildman–Crippen MR) is 72.3 cm³/mol. The number of hydrogen-bond donors (Lipinski definition) is 1. The van der Waals surface area contributed by atoms with E-state index in [9.17, 15) is 18.0 Å². The van der Waals surface area contributed by atoms with Crippen LogP contribution in [0.15, 0.2) is 0 Å². The topological polar surface area (TPSA) is 32.3 Å². The van der Waals surface area contributed by atoms with Gasteiger partial charge in [0.25, 0.3) is 0 Å². The lowest BCUT2D eigenvalue weighted by atomic mass is 9.93. The molecule has 1 aliphatic rings. The number of hydrogen-bond acceptors (Lipinski definition) is 2. The minimum absolute atomic E-state index is 0.0271. The quantitative estimate of drug-likeness (QED) is 0.864. The SMILES string of the molecule is CC(C)CC(C)N(C)C(=O)C1CCC(C(F)(F)F)CN1. The molecular weight excluding hydrogens is 269 g/mol. The van der Waals surface area contributed by atoms with Gasteiger partial charge in [-0.15, -0.1) is 0 Å². The first kappa shape index (κ1) is 17.3. The molecule has 1 aliphatic heterocycles. The average Bonchev–Trinajstić information content (AvgIpc) is 2.35. The second kappa shape index (κ2) is 6.78. The third-order valence-electron chi connectivity index (χ3n) is 4.00. The standard InChI is InChI=1S/C14H25F3N2O/c1-9(2)7-10(3)19(4)13(20)12-6-5-11(8-18-12)14(15,16)17/h9-12,18H,5-8H2,1-4H3. The molecule has 1 heterocycles. The maximum Gasteiger partial charge on any atom is 0.393 e. The fourth-order valence-electron chi connectivity index (χ4n) is 2.65. The van der Waals surface area contributed by atoms with E-state index in [0.29, 0.717) is 5.92 Å². The molecule has 1 saturated heterocycles. The van der Waals surface area contributed by atoms with Crippen molar-refractivity contribution in [2.24, 2.45) is 11.8 Å². The third kappa shape index (κ3) is 4.65. The number of alkyl halides is 3. The van der Waals surface area contributed by atoms with Gasteiger partial charge in [-0.05, 0) is 32.1 Å². The van der Waals surface area contributed by atoms with Crippen molar-refractivity contribution in [2.75, 3.05) is 13.6 Å². The van der Waals surface area contributed by atoms with Crippen molar-refractivity contribution in [3.8, 4) is 0 Å². The average molecular weight is 294 g/mol. The van der Waals surface area contributed by atoms with E-state index in [1.165, 1.54) is 0 Å². The van der Waals surface area contributed by atoms with Crippen molar-refractivity contribution in [3.63, 3.8) is 0 Å². The molecule has 6 heteroatoms. The number of nitrogens with one attached hydrogen (secondary N) is 1. The van der Waals surface area contributed by atoms with Crippen LogP contribution in [0.2, 0.25) is 0 Å². The van der Waals surface area contributed by atoms with Gasteiger partial charge in [0, 0.05) is 19.6 Å². The summed E-state index contributed by atoms with van der Waals surface area (Å²) < 4.78 is 37.7. The van der Waals surface area contributed by atoms with Gasteiger partial charge in [0.15, 0.2) is 0 Å². The Morgan fingerprint density at radius 3 is 2.30 bits per heavy atom. The van der Waals surface area contributed by atoms with Gasteiger partial charge in [-0.3, -0.25) is 4.79 Å². The third-order valence-corrected chi connectivity index (χ3v) is 4.00. The molecule has 1 fully saturated rings. The van der Waals surface area contributed by atoms with Crippen LogP contribution in [0.1, 0.15) is 40.0 Å². The second-order valence-electron chi connectivity index (χ2n) is 6.20. The summed E-state index contributed by atoms with van der Waals surface area (Å²) >= 11 is 0. The molecule has 0 bridgehead atoms. The molecule has 1 N–H and O–H groups in total. The van der Waals surface area contributed by atoms with Gasteiger partial charge >= 0.3 is 6.18 Å². The largest absolute Gasteiger partial charge is 0.393 e. The molecule has 0 aromatic carbocycles. The van der Waals surface area contributed by atoms with E-state index in [1.807, 2.05) is 6.92 Å². The van der Waals surface area contributed by atoms with E-state index >= 15 is 0 Å². The molecule has 1 rings (SSSR count). The fourth-order valence-corrected chi connectivity index (χ4v) is 2.65. The van der Waals surface area contributed by atoms with E-state index in [0.717, 1.165) is 6.42 Å². The highest BCUT2D eigenvalue weighted by Crippen LogP contribution is 2.32. The van der Waals surface area contributed by atoms with Gasteiger partial charge in [-0.1, -0.05) is 13.8 Å². The predicted octanol–water partition coefficient (Wildman–Crippen LogP) is 2.81. The Balaban J connectivity index is 2.50. The Kier molecular flexibility index (Phi) is 5.86. The first-order chi connectivity index (χ1) is 9.12. The monoisotopic (exact) mass is 294 g/mol. The number of amides is 1. The van der Waals surface area contributed by atoms with Gasteiger partial charge in [-0.25, -0.2) is 0 Å². The van der Waals surface area contributed by atoms with Crippen LogP contribution in [0, 0.1) is 11.8 Å². The molecule has 3 nitrogen and oxygen atoms in total. The summed E-state index contributed by atoms with van der Waals surface area (Å²) in [4.78, 5) is 13.9. The van der Waals surface area contributed by atoms with E-state index < -0.39 is 18.1 Å². The van der Waals surface area contributed by atoms with Crippen molar-refractivity contribution in [1.82, 2.24) is 10.2 Å². The van der Waals surface area contributed by atoms with E-state index in [-0.39, 0.29) is 31.3 Å². The summed E-state index contributed by atoms with van der Waals surface area (Å²) in [5, 5.41) is 2.75. The van der Waals surface area contributed by atoms with Crippen molar-refractivity contribution in [2.45, 2.75) is 58.3 Å². The summed E-state index contributed by atoms with van der Waals surface area (Å²) in [6.45, 7) is 5.98. The van der Waals surface area contributed by atoms with Gasteiger partial charge in [0.05, 0.1) is 12.0 Å². The highest BCUT2D eigenvalue weighted by molar-refractivity contribution is 5.82. The Hall–Kier alpha value is -0.780. The molecule has 0 radical (unpaired) electrons. The number of carbonyl (C=O) groups is 1. The lowest BCUT2D eigenvalue weighted by Crippen LogP contribution is -2.53. The molecule has 0 spiro atoms. The van der Waals surface area contributed by atoms with Crippen LogP contribution in [0.4, 0.5) is 13.2 Å². The molecular formula is C14H25F3N2O. The number of halogens is 3. The van der Waals surface area contributed by atoms with Crippen LogP contribution in [-0.4, -0.2) is 42.7 Å². The molecule has 3 unspecified atom stereocenters. The summed E-state index contributed by atoms with van der Waals surface area (Å²) in [5.41, 5.74) is 0. The second-order valence-corrected chi connectivity index (χ2v) is 6.20. The van der Waals surface area contributed by atoms with Crippen LogP contribution < -0.4 is 5.32 Å². The van der Waals surface area contributed by atoms with Crippen molar-refractivity contribution in [1.29, 1.82) is 0 Å². The maximum absolute atomic E-state index is 12.6. The minimum atomic E-state index is -4.17. The van der Waals surface area contributed by atoms with Crippen LogP contribution in [0.25, 0.3) is 0 Å². The lowest BCUT2D eigenvalue weighted by Gasteiger charge is -2.34. The van der Waals surface area contributed by atoms with E-state index in [4.69, 9.17) is 0 Å². The van der Waals surface area contributed by atoms with Crippen molar-refractivity contribution >= 4 is 5.91 Å². The van der Waals surface area contributed by atoms with Gasteiger partial charge in [0.1, 0.15) is 0 Å². The smallest absolute Gasteiger partial charge is 0.342 e. The summed E-state index contributed by atoms with van der Waals surface area (Å²) in [6, 6.07) is -0.377. The maximum atomic E-state index is 12.6. The number of nitrogens with zero attached hydrogens (tertiary/aromatic N) is 1. The number of carbonyl (C=O) groups excluding carboxylic acids is 1. The zero-order valence-electron chi connectivity index (χ0n) is 12.6. The highest BCUT2D eigenvalue weighted by Gasteiger charge is 2.42. The minimum Gasteiger partial charge on any atom is -0.342 e. The van der Waals surface area contributed by atoms with E-state index in [2.05, 4.69) is 19.2 Å². The van der Waals surface area contributed by atoms with Crippen LogP contribution >= 0.6 is 0 Å². The molecule has 118 valence electrons. The summed E-state index contributed by atoms with van der Waals surface area (Å²) in [5.74, 6) is -0.946. The van der Waals surface area contributed by atoms with Crippen molar-refractivity contribution < 1.29 is 18.0 Å². The van der Waals surface area contributed by atoms with Crippen LogP contribution in [0.3, 0.4) is 0 Å². The Morgan fingerprint density at radius 2 is 1.90 bits per heavy atom. The zero-order valence-corrected chi connectivity index (χ0v) is 12.6. The fraction of sp³-hybridized carbons (Fsp3) is 0.929. The Morgan fingerprint density at radius 1 is 1.30 bits per heavy atom. The summed E-state index contributed by atoms with van der Waals surface area (Å²) in [6.07, 6.45) is -3.00. The normalized spacial score (nSPS) is 25.6. The zero-order chi connectivity index (χ0) is 15.5. The summed E-state index contributed by atoms with van der Waals surface area (Å²) in [7, 11) is 1.73. The van der Waals surface area contributed by atoms with Crippen LogP contribution in [-0.2, 0) is 4.79 Å². The Bertz CT molecular complexity index is 323. The van der Waals surface area contributed by atoms with E-state index in [1.54, 1.807) is 11.9 Å². The first-order valence-electron chi connectivity index (χ1n) is 7.19. The molecule has 1 amide bonds. The van der Waals surface area contributed by atoms with Gasteiger partial charge in [-0.2, -0.15) is 13.2 Å². The number of piperidine rings is 1.